The largest absolute Gasteiger partial charge is 0.271 e. The summed E-state index contributed by atoms with van der Waals surface area (Å²) in [7, 11) is 0. The third-order valence-electron chi connectivity index (χ3n) is 1.64. The van der Waals surface area contributed by atoms with Crippen LogP contribution in [0.4, 0.5) is 0 Å². The molecular formula is C9H10N2S2. The zero-order valence-electron chi connectivity index (χ0n) is 7.14. The van der Waals surface area contributed by atoms with Crippen molar-refractivity contribution in [2.45, 2.75) is 5.75 Å². The Labute approximate surface area is 86.2 Å². The van der Waals surface area contributed by atoms with Crippen LogP contribution in [0.15, 0.2) is 29.5 Å². The topological polar surface area (TPSA) is 25.2 Å². The Kier molecular flexibility index (Phi) is 3.27. The molecule has 4 heteroatoms. The van der Waals surface area contributed by atoms with Crippen LogP contribution in [0, 0.1) is 0 Å². The zero-order valence-corrected chi connectivity index (χ0v) is 8.77. The standard InChI is InChI=1S/C9H10N2S2/c1-2-8(6-10-3-1)7-13-9-11-4-5-12-9/h1-3,6H,4-5,7H2. The Morgan fingerprint density at radius 3 is 3.23 bits per heavy atom. The molecule has 0 unspecified atom stereocenters. The number of pyridine rings is 1. The average Bonchev–Trinajstić information content (AvgIpc) is 2.69. The number of nitrogens with zero attached hydrogens (tertiary/aromatic N) is 2. The maximum absolute atomic E-state index is 4.37. The summed E-state index contributed by atoms with van der Waals surface area (Å²) in [6, 6.07) is 4.07. The van der Waals surface area contributed by atoms with Crippen molar-refractivity contribution < 1.29 is 0 Å². The van der Waals surface area contributed by atoms with E-state index in [1.807, 2.05) is 35.8 Å². The fraction of sp³-hybridized carbons (Fsp3) is 0.333. The number of hydrogen-bond donors (Lipinski definition) is 0. The molecule has 0 N–H and O–H groups in total. The van der Waals surface area contributed by atoms with Crippen LogP contribution in [0.3, 0.4) is 0 Å². The molecule has 0 aromatic carbocycles. The molecule has 68 valence electrons. The molecule has 0 spiro atoms. The third-order valence-corrected chi connectivity index (χ3v) is 3.97. The number of thioether (sulfide) groups is 2. The molecule has 2 heterocycles. The van der Waals surface area contributed by atoms with Crippen molar-refractivity contribution >= 4 is 27.9 Å². The van der Waals surface area contributed by atoms with Gasteiger partial charge in [0.25, 0.3) is 0 Å². The van der Waals surface area contributed by atoms with Crippen molar-refractivity contribution in [3.8, 4) is 0 Å². The molecule has 1 aliphatic heterocycles. The van der Waals surface area contributed by atoms with Gasteiger partial charge in [0.2, 0.25) is 0 Å². The Morgan fingerprint density at radius 1 is 1.54 bits per heavy atom. The van der Waals surface area contributed by atoms with Gasteiger partial charge in [-0.25, -0.2) is 0 Å². The van der Waals surface area contributed by atoms with Crippen molar-refractivity contribution in [2.75, 3.05) is 12.3 Å². The third kappa shape index (κ3) is 2.74. The van der Waals surface area contributed by atoms with Crippen LogP contribution >= 0.6 is 23.5 Å². The van der Waals surface area contributed by atoms with Gasteiger partial charge < -0.3 is 0 Å². The van der Waals surface area contributed by atoms with E-state index >= 15 is 0 Å². The molecule has 0 aliphatic carbocycles. The molecule has 0 fully saturated rings. The lowest BCUT2D eigenvalue weighted by Crippen LogP contribution is -1.85. The SMILES string of the molecule is c1cncc(CSC2=NCCS2)c1. The minimum absolute atomic E-state index is 0.986. The normalized spacial score (nSPS) is 15.8. The molecule has 13 heavy (non-hydrogen) atoms. The number of aliphatic imine (C=N–C) groups is 1. The summed E-state index contributed by atoms with van der Waals surface area (Å²) in [5.41, 5.74) is 1.27. The molecule has 2 nitrogen and oxygen atoms in total. The first-order chi connectivity index (χ1) is 6.45. The first kappa shape index (κ1) is 9.09. The lowest BCUT2D eigenvalue weighted by atomic mass is 10.3. The van der Waals surface area contributed by atoms with Crippen LogP contribution in [0.25, 0.3) is 0 Å². The van der Waals surface area contributed by atoms with Gasteiger partial charge in [-0.1, -0.05) is 29.6 Å². The Hall–Kier alpha value is -0.480. The van der Waals surface area contributed by atoms with Crippen LogP contribution in [-0.4, -0.2) is 21.7 Å². The monoisotopic (exact) mass is 210 g/mol. The van der Waals surface area contributed by atoms with Crippen LogP contribution in [-0.2, 0) is 5.75 Å². The van der Waals surface area contributed by atoms with Crippen LogP contribution in [0.5, 0.6) is 0 Å². The number of hydrogen-bond acceptors (Lipinski definition) is 4. The van der Waals surface area contributed by atoms with E-state index < -0.39 is 0 Å². The van der Waals surface area contributed by atoms with Gasteiger partial charge in [-0.2, -0.15) is 0 Å². The molecule has 0 atom stereocenters. The summed E-state index contributed by atoms with van der Waals surface area (Å²) in [5, 5.41) is 0. The van der Waals surface area contributed by atoms with Crippen molar-refractivity contribution in [2.24, 2.45) is 4.99 Å². The average molecular weight is 210 g/mol. The molecule has 0 saturated carbocycles. The summed E-state index contributed by atoms with van der Waals surface area (Å²) < 4.78 is 1.23. The molecule has 0 saturated heterocycles. The lowest BCUT2D eigenvalue weighted by molar-refractivity contribution is 1.18. The highest BCUT2D eigenvalue weighted by atomic mass is 32.2. The van der Waals surface area contributed by atoms with Crippen molar-refractivity contribution in [1.82, 2.24) is 4.98 Å². The molecule has 2 rings (SSSR count). The van der Waals surface area contributed by atoms with Gasteiger partial charge in [-0.15, -0.1) is 0 Å². The van der Waals surface area contributed by atoms with E-state index in [0.717, 1.165) is 18.1 Å². The summed E-state index contributed by atoms with van der Waals surface area (Å²) in [5.74, 6) is 2.13. The van der Waals surface area contributed by atoms with Crippen molar-refractivity contribution in [3.05, 3.63) is 30.1 Å². The first-order valence-corrected chi connectivity index (χ1v) is 6.11. The zero-order chi connectivity index (χ0) is 8.93. The van der Waals surface area contributed by atoms with Gasteiger partial charge in [0.05, 0.1) is 6.54 Å². The molecule has 1 aliphatic rings. The van der Waals surface area contributed by atoms with Gasteiger partial charge in [0.15, 0.2) is 0 Å². The summed E-state index contributed by atoms with van der Waals surface area (Å²) in [6.07, 6.45) is 3.71. The molecule has 0 amide bonds. The number of rotatable bonds is 2. The van der Waals surface area contributed by atoms with Crippen LogP contribution in [0.1, 0.15) is 5.56 Å². The van der Waals surface area contributed by atoms with E-state index in [1.165, 1.54) is 9.94 Å². The predicted octanol–water partition coefficient (Wildman–Crippen LogP) is 2.42. The fourth-order valence-electron chi connectivity index (χ4n) is 1.03. The Morgan fingerprint density at radius 2 is 2.54 bits per heavy atom. The second kappa shape index (κ2) is 4.67. The van der Waals surface area contributed by atoms with E-state index in [1.54, 1.807) is 6.20 Å². The minimum atomic E-state index is 0.986. The van der Waals surface area contributed by atoms with E-state index in [-0.39, 0.29) is 0 Å². The highest BCUT2D eigenvalue weighted by molar-refractivity contribution is 8.38. The van der Waals surface area contributed by atoms with Crippen LogP contribution < -0.4 is 0 Å². The van der Waals surface area contributed by atoms with Gasteiger partial charge in [0, 0.05) is 23.9 Å². The van der Waals surface area contributed by atoms with Gasteiger partial charge >= 0.3 is 0 Å². The van der Waals surface area contributed by atoms with E-state index in [4.69, 9.17) is 0 Å². The number of aromatic nitrogens is 1. The molecule has 0 bridgehead atoms. The van der Waals surface area contributed by atoms with Crippen molar-refractivity contribution in [3.63, 3.8) is 0 Å². The fourth-order valence-corrected chi connectivity index (χ4v) is 2.97. The summed E-state index contributed by atoms with van der Waals surface area (Å²) in [6.45, 7) is 0.986. The quantitative estimate of drug-likeness (QED) is 0.749. The van der Waals surface area contributed by atoms with E-state index in [9.17, 15) is 0 Å². The smallest absolute Gasteiger partial charge is 0.124 e. The first-order valence-electron chi connectivity index (χ1n) is 4.14. The van der Waals surface area contributed by atoms with Gasteiger partial charge in [-0.3, -0.25) is 9.98 Å². The maximum atomic E-state index is 4.37. The highest BCUT2D eigenvalue weighted by Crippen LogP contribution is 2.24. The minimum Gasteiger partial charge on any atom is -0.271 e. The van der Waals surface area contributed by atoms with Crippen LogP contribution in [0.2, 0.25) is 0 Å². The maximum Gasteiger partial charge on any atom is 0.124 e. The van der Waals surface area contributed by atoms with Gasteiger partial charge in [0.1, 0.15) is 4.38 Å². The predicted molar refractivity (Wildman–Crippen MR) is 60.3 cm³/mol. The van der Waals surface area contributed by atoms with Crippen molar-refractivity contribution in [1.29, 1.82) is 0 Å². The highest BCUT2D eigenvalue weighted by Gasteiger charge is 2.07. The van der Waals surface area contributed by atoms with E-state index in [2.05, 4.69) is 16.0 Å². The second-order valence-electron chi connectivity index (χ2n) is 2.65. The lowest BCUT2D eigenvalue weighted by Gasteiger charge is -1.98. The summed E-state index contributed by atoms with van der Waals surface area (Å²) >= 11 is 3.66. The molecule has 0 radical (unpaired) electrons. The molecule has 1 aromatic heterocycles. The molecular weight excluding hydrogens is 200 g/mol. The Balaban J connectivity index is 1.86. The summed E-state index contributed by atoms with van der Waals surface area (Å²) in [4.78, 5) is 8.44. The van der Waals surface area contributed by atoms with Gasteiger partial charge in [-0.05, 0) is 11.6 Å². The molecule has 1 aromatic rings. The van der Waals surface area contributed by atoms with E-state index in [0.29, 0.717) is 0 Å². The Bertz CT molecular complexity index is 298. The second-order valence-corrected chi connectivity index (χ2v) is 4.95.